The summed E-state index contributed by atoms with van der Waals surface area (Å²) >= 11 is 0. The maximum atomic E-state index is 11.9. The van der Waals surface area contributed by atoms with E-state index in [-0.39, 0.29) is 5.91 Å². The van der Waals surface area contributed by atoms with E-state index < -0.39 is 6.10 Å². The second kappa shape index (κ2) is 9.45. The van der Waals surface area contributed by atoms with Crippen LogP contribution >= 0.6 is 0 Å². The topological polar surface area (TPSA) is 96.4 Å². The molecule has 7 heteroatoms. The highest BCUT2D eigenvalue weighted by Gasteiger charge is 2.13. The van der Waals surface area contributed by atoms with Crippen molar-refractivity contribution in [2.45, 2.75) is 19.4 Å². The molecule has 1 aromatic heterocycles. The molecule has 3 N–H and O–H groups in total. The number of nitrogens with zero attached hydrogens (tertiary/aromatic N) is 2. The summed E-state index contributed by atoms with van der Waals surface area (Å²) in [6.07, 6.45) is 1.14. The molecule has 4 rings (SSSR count). The minimum absolute atomic E-state index is 0.110. The van der Waals surface area contributed by atoms with Crippen LogP contribution in [0.1, 0.15) is 30.6 Å². The molecule has 0 radical (unpaired) electrons. The van der Waals surface area contributed by atoms with Crippen LogP contribution in [0.4, 0.5) is 17.2 Å². The zero-order valence-electron chi connectivity index (χ0n) is 17.9. The fraction of sp³-hybridized carbons (Fsp3) is 0.160. The molecule has 0 fully saturated rings. The zero-order chi connectivity index (χ0) is 22.5. The monoisotopic (exact) mass is 428 g/mol. The summed E-state index contributed by atoms with van der Waals surface area (Å²) < 4.78 is 5.41. The van der Waals surface area contributed by atoms with E-state index in [2.05, 4.69) is 20.6 Å². The Labute approximate surface area is 186 Å². The van der Waals surface area contributed by atoms with Crippen LogP contribution in [0.2, 0.25) is 0 Å². The number of hydrogen-bond donors (Lipinski definition) is 3. The number of nitrogens with one attached hydrogen (secondary N) is 2. The molecule has 32 heavy (non-hydrogen) atoms. The molecule has 0 bridgehead atoms. The van der Waals surface area contributed by atoms with Gasteiger partial charge in [-0.15, -0.1) is 0 Å². The number of aliphatic hydroxyl groups is 1. The molecule has 0 aliphatic rings. The van der Waals surface area contributed by atoms with Gasteiger partial charge in [0, 0.05) is 23.6 Å². The van der Waals surface area contributed by atoms with Gasteiger partial charge in [0.1, 0.15) is 24.0 Å². The average molecular weight is 428 g/mol. The number of carbonyl (C=O) groups is 1. The summed E-state index contributed by atoms with van der Waals surface area (Å²) in [5.41, 5.74) is 3.69. The highest BCUT2D eigenvalue weighted by molar-refractivity contribution is 5.99. The standard InChI is InChI=1S/C25H24N4O3/c1-3-23(30)29-21-13-19-20(14-22(21)32-2)26-15-27-25(19)28-18-11-9-17(10-12-18)24(31)16-7-5-4-6-8-16/h4-15,24,31H,3H2,1-2H3,(H,29,30)(H,26,27,28). The Hall–Kier alpha value is -3.97. The maximum Gasteiger partial charge on any atom is 0.224 e. The lowest BCUT2D eigenvalue weighted by Crippen LogP contribution is -2.10. The van der Waals surface area contributed by atoms with Gasteiger partial charge < -0.3 is 20.5 Å². The Morgan fingerprint density at radius 1 is 1.03 bits per heavy atom. The van der Waals surface area contributed by atoms with Crippen molar-refractivity contribution >= 4 is 34.0 Å². The van der Waals surface area contributed by atoms with E-state index in [4.69, 9.17) is 4.74 Å². The molecule has 1 amide bonds. The summed E-state index contributed by atoms with van der Waals surface area (Å²) in [7, 11) is 1.55. The molecule has 0 aliphatic carbocycles. The molecular formula is C25H24N4O3. The Bertz CT molecular complexity index is 1230. The van der Waals surface area contributed by atoms with Gasteiger partial charge in [0.25, 0.3) is 0 Å². The minimum Gasteiger partial charge on any atom is -0.494 e. The first-order chi connectivity index (χ1) is 15.6. The van der Waals surface area contributed by atoms with E-state index in [0.717, 1.165) is 22.2 Å². The van der Waals surface area contributed by atoms with Gasteiger partial charge in [-0.1, -0.05) is 49.4 Å². The third kappa shape index (κ3) is 4.53. The SMILES string of the molecule is CCC(=O)Nc1cc2c(Nc3ccc(C(O)c4ccccc4)cc3)ncnc2cc1OC. The highest BCUT2D eigenvalue weighted by Crippen LogP contribution is 2.33. The number of methoxy groups -OCH3 is 1. The maximum absolute atomic E-state index is 11.9. The number of fused-ring (bicyclic) bond motifs is 1. The first-order valence-corrected chi connectivity index (χ1v) is 10.3. The summed E-state index contributed by atoms with van der Waals surface area (Å²) in [5, 5.41) is 17.5. The van der Waals surface area contributed by atoms with Crippen molar-refractivity contribution in [3.8, 4) is 5.75 Å². The number of amides is 1. The number of rotatable bonds is 7. The lowest BCUT2D eigenvalue weighted by atomic mass is 10.0. The number of benzene rings is 3. The largest absolute Gasteiger partial charge is 0.494 e. The lowest BCUT2D eigenvalue weighted by Gasteiger charge is -2.14. The number of aliphatic hydroxyl groups excluding tert-OH is 1. The van der Waals surface area contributed by atoms with Gasteiger partial charge >= 0.3 is 0 Å². The normalized spacial score (nSPS) is 11.7. The fourth-order valence-corrected chi connectivity index (χ4v) is 3.40. The summed E-state index contributed by atoms with van der Waals surface area (Å²) in [6.45, 7) is 1.79. The van der Waals surface area contributed by atoms with E-state index in [1.807, 2.05) is 54.6 Å². The van der Waals surface area contributed by atoms with Crippen molar-refractivity contribution in [2.24, 2.45) is 0 Å². The van der Waals surface area contributed by atoms with Gasteiger partial charge in [0.15, 0.2) is 0 Å². The summed E-state index contributed by atoms with van der Waals surface area (Å²) in [6, 6.07) is 20.6. The molecule has 0 saturated carbocycles. The van der Waals surface area contributed by atoms with Crippen LogP contribution in [0.25, 0.3) is 10.9 Å². The Morgan fingerprint density at radius 2 is 1.75 bits per heavy atom. The number of ether oxygens (including phenoxy) is 1. The number of hydrogen-bond acceptors (Lipinski definition) is 6. The Morgan fingerprint density at radius 3 is 2.44 bits per heavy atom. The Kier molecular flexibility index (Phi) is 6.28. The van der Waals surface area contributed by atoms with Crippen molar-refractivity contribution in [3.05, 3.63) is 84.2 Å². The lowest BCUT2D eigenvalue weighted by molar-refractivity contribution is -0.115. The van der Waals surface area contributed by atoms with E-state index in [0.29, 0.717) is 29.2 Å². The second-order valence-electron chi connectivity index (χ2n) is 7.25. The van der Waals surface area contributed by atoms with Gasteiger partial charge in [0.05, 0.1) is 18.3 Å². The fourth-order valence-electron chi connectivity index (χ4n) is 3.40. The van der Waals surface area contributed by atoms with Crippen molar-refractivity contribution in [1.29, 1.82) is 0 Å². The summed E-state index contributed by atoms with van der Waals surface area (Å²) in [5.74, 6) is 1.02. The molecule has 3 aromatic carbocycles. The Balaban J connectivity index is 1.62. The molecule has 0 saturated heterocycles. The van der Waals surface area contributed by atoms with Crippen LogP contribution in [0.3, 0.4) is 0 Å². The predicted molar refractivity (Wildman–Crippen MR) is 125 cm³/mol. The molecule has 0 aliphatic heterocycles. The van der Waals surface area contributed by atoms with E-state index in [1.54, 1.807) is 26.2 Å². The third-order valence-corrected chi connectivity index (χ3v) is 5.16. The molecule has 4 aromatic rings. The highest BCUT2D eigenvalue weighted by atomic mass is 16.5. The first-order valence-electron chi connectivity index (χ1n) is 10.3. The smallest absolute Gasteiger partial charge is 0.224 e. The molecule has 1 heterocycles. The quantitative estimate of drug-likeness (QED) is 0.391. The zero-order valence-corrected chi connectivity index (χ0v) is 17.9. The van der Waals surface area contributed by atoms with Crippen LogP contribution in [-0.4, -0.2) is 28.1 Å². The summed E-state index contributed by atoms with van der Waals surface area (Å²) in [4.78, 5) is 20.6. The van der Waals surface area contributed by atoms with Gasteiger partial charge in [0.2, 0.25) is 5.91 Å². The molecule has 7 nitrogen and oxygen atoms in total. The number of aromatic nitrogens is 2. The minimum atomic E-state index is -0.692. The van der Waals surface area contributed by atoms with Crippen molar-refractivity contribution < 1.29 is 14.6 Å². The number of anilines is 3. The molecular weight excluding hydrogens is 404 g/mol. The van der Waals surface area contributed by atoms with E-state index in [1.165, 1.54) is 6.33 Å². The van der Waals surface area contributed by atoms with Gasteiger partial charge in [-0.3, -0.25) is 4.79 Å². The van der Waals surface area contributed by atoms with Gasteiger partial charge in [-0.05, 0) is 29.3 Å². The molecule has 1 unspecified atom stereocenters. The number of carbonyl (C=O) groups excluding carboxylic acids is 1. The third-order valence-electron chi connectivity index (χ3n) is 5.16. The van der Waals surface area contributed by atoms with Crippen LogP contribution in [-0.2, 0) is 4.79 Å². The second-order valence-corrected chi connectivity index (χ2v) is 7.25. The average Bonchev–Trinajstić information content (AvgIpc) is 2.84. The van der Waals surface area contributed by atoms with Crippen LogP contribution < -0.4 is 15.4 Å². The predicted octanol–water partition coefficient (Wildman–Crippen LogP) is 4.81. The first kappa shape index (κ1) is 21.3. The molecule has 0 spiro atoms. The van der Waals surface area contributed by atoms with Crippen molar-refractivity contribution in [1.82, 2.24) is 9.97 Å². The molecule has 162 valence electrons. The van der Waals surface area contributed by atoms with E-state index in [9.17, 15) is 9.90 Å². The van der Waals surface area contributed by atoms with Crippen molar-refractivity contribution in [3.63, 3.8) is 0 Å². The van der Waals surface area contributed by atoms with Gasteiger partial charge in [-0.2, -0.15) is 0 Å². The van der Waals surface area contributed by atoms with Crippen LogP contribution in [0.5, 0.6) is 5.75 Å². The van der Waals surface area contributed by atoms with Crippen LogP contribution in [0, 0.1) is 0 Å². The van der Waals surface area contributed by atoms with E-state index >= 15 is 0 Å². The van der Waals surface area contributed by atoms with Crippen molar-refractivity contribution in [2.75, 3.05) is 17.7 Å². The van der Waals surface area contributed by atoms with Crippen LogP contribution in [0.15, 0.2) is 73.1 Å². The van der Waals surface area contributed by atoms with Gasteiger partial charge in [-0.25, -0.2) is 9.97 Å². The molecule has 1 atom stereocenters.